The number of methoxy groups -OCH3 is 1. The average Bonchev–Trinajstić information content (AvgIpc) is 3.33. The molecule has 0 spiro atoms. The number of fused-ring (bicyclic) bond motifs is 1. The zero-order valence-electron chi connectivity index (χ0n) is 20.7. The van der Waals surface area contributed by atoms with E-state index in [2.05, 4.69) is 9.97 Å². The molecule has 37 heavy (non-hydrogen) atoms. The summed E-state index contributed by atoms with van der Waals surface area (Å²) in [5, 5.41) is 0. The van der Waals surface area contributed by atoms with Crippen LogP contribution in [0.5, 0.6) is 17.4 Å². The summed E-state index contributed by atoms with van der Waals surface area (Å²) >= 11 is 0. The number of carbonyl (C=O) groups is 1. The Kier molecular flexibility index (Phi) is 6.88. The summed E-state index contributed by atoms with van der Waals surface area (Å²) in [6.07, 6.45) is 4.23. The van der Waals surface area contributed by atoms with Gasteiger partial charge in [-0.3, -0.25) is 0 Å². The van der Waals surface area contributed by atoms with E-state index in [0.717, 1.165) is 17.7 Å². The molecular weight excluding hydrogens is 496 g/mol. The number of rotatable bonds is 6. The lowest BCUT2D eigenvalue weighted by atomic mass is 10.1. The van der Waals surface area contributed by atoms with Crippen molar-refractivity contribution in [3.63, 3.8) is 0 Å². The molecule has 3 heterocycles. The van der Waals surface area contributed by atoms with Crippen LogP contribution in [0, 0.1) is 0 Å². The average molecular weight is 525 g/mol. The zero-order valence-corrected chi connectivity index (χ0v) is 21.5. The first kappa shape index (κ1) is 24.8. The summed E-state index contributed by atoms with van der Waals surface area (Å²) in [6, 6.07) is 13.9. The second-order valence-corrected chi connectivity index (χ2v) is 11.0. The van der Waals surface area contributed by atoms with Crippen molar-refractivity contribution in [3.05, 3.63) is 60.4 Å². The maximum Gasteiger partial charge on any atom is 0.415 e. The minimum Gasteiger partial charge on any atom is -0.497 e. The predicted octanol–water partition coefficient (Wildman–Crippen LogP) is 3.63. The zero-order chi connectivity index (χ0) is 26.0. The number of likely N-dealkylation sites (tertiary alicyclic amines) is 1. The molecule has 0 bridgehead atoms. The fraction of sp³-hybridized carbons (Fsp3) is 0.346. The Hall–Kier alpha value is -3.86. The van der Waals surface area contributed by atoms with Crippen molar-refractivity contribution in [3.8, 4) is 17.4 Å². The number of nitrogens with zero attached hydrogens (tertiary/aromatic N) is 4. The minimum absolute atomic E-state index is 0.0871. The molecule has 1 amide bonds. The smallest absolute Gasteiger partial charge is 0.415 e. The summed E-state index contributed by atoms with van der Waals surface area (Å²) in [5.41, 5.74) is 1.90. The quantitative estimate of drug-likeness (QED) is 0.477. The van der Waals surface area contributed by atoms with Gasteiger partial charge in [-0.1, -0.05) is 0 Å². The third kappa shape index (κ3) is 5.61. The van der Waals surface area contributed by atoms with Crippen LogP contribution in [-0.4, -0.2) is 68.5 Å². The second-order valence-electron chi connectivity index (χ2n) is 9.03. The molecule has 10 nitrogen and oxygen atoms in total. The molecule has 3 aromatic rings. The molecule has 194 valence electrons. The predicted molar refractivity (Wildman–Crippen MR) is 137 cm³/mol. The fourth-order valence-electron chi connectivity index (χ4n) is 4.52. The number of carbonyl (C=O) groups excluding carboxylic acids is 1. The van der Waals surface area contributed by atoms with Gasteiger partial charge in [0.25, 0.3) is 0 Å². The topological polar surface area (TPSA) is 111 Å². The highest BCUT2D eigenvalue weighted by molar-refractivity contribution is 7.90. The van der Waals surface area contributed by atoms with Gasteiger partial charge >= 0.3 is 6.09 Å². The van der Waals surface area contributed by atoms with Crippen molar-refractivity contribution in [2.75, 3.05) is 37.9 Å². The van der Waals surface area contributed by atoms with Crippen molar-refractivity contribution in [1.29, 1.82) is 0 Å². The summed E-state index contributed by atoms with van der Waals surface area (Å²) in [7, 11) is -1.68. The van der Waals surface area contributed by atoms with Gasteiger partial charge in [-0.05, 0) is 54.4 Å². The molecule has 1 saturated heterocycles. The van der Waals surface area contributed by atoms with Gasteiger partial charge in [-0.2, -0.15) is 0 Å². The Morgan fingerprint density at radius 2 is 1.70 bits per heavy atom. The number of sulfone groups is 1. The van der Waals surface area contributed by atoms with Crippen molar-refractivity contribution < 1.29 is 27.4 Å². The highest BCUT2D eigenvalue weighted by atomic mass is 32.2. The molecule has 2 aliphatic heterocycles. The van der Waals surface area contributed by atoms with E-state index in [1.807, 2.05) is 11.0 Å². The SMILES string of the molecule is COc1ccc(OC(=O)N2CCC(Oc3cc(N4CCc5cc(S(C)(=O)=O)ccc54)ncn3)CC2)cc1. The number of benzene rings is 2. The van der Waals surface area contributed by atoms with Gasteiger partial charge in [0.2, 0.25) is 5.88 Å². The van der Waals surface area contributed by atoms with Crippen molar-refractivity contribution >= 4 is 27.4 Å². The molecule has 5 rings (SSSR count). The van der Waals surface area contributed by atoms with Crippen LogP contribution in [0.3, 0.4) is 0 Å². The van der Waals surface area contributed by atoms with Crippen LogP contribution in [0.15, 0.2) is 59.8 Å². The van der Waals surface area contributed by atoms with E-state index in [1.165, 1.54) is 12.6 Å². The van der Waals surface area contributed by atoms with Crippen molar-refractivity contribution in [1.82, 2.24) is 14.9 Å². The lowest BCUT2D eigenvalue weighted by molar-refractivity contribution is 0.0904. The molecule has 1 fully saturated rings. The Labute approximate surface area is 215 Å². The number of ether oxygens (including phenoxy) is 3. The molecule has 0 radical (unpaired) electrons. The molecule has 11 heteroatoms. The molecule has 0 unspecified atom stereocenters. The number of hydrogen-bond donors (Lipinski definition) is 0. The van der Waals surface area contributed by atoms with Gasteiger partial charge in [0.1, 0.15) is 29.7 Å². The van der Waals surface area contributed by atoms with Gasteiger partial charge in [-0.25, -0.2) is 23.2 Å². The monoisotopic (exact) mass is 524 g/mol. The van der Waals surface area contributed by atoms with E-state index in [9.17, 15) is 13.2 Å². The van der Waals surface area contributed by atoms with Crippen LogP contribution in [0.4, 0.5) is 16.3 Å². The van der Waals surface area contributed by atoms with E-state index in [1.54, 1.807) is 54.5 Å². The first-order chi connectivity index (χ1) is 17.8. The van der Waals surface area contributed by atoms with E-state index in [0.29, 0.717) is 60.6 Å². The third-order valence-electron chi connectivity index (χ3n) is 6.53. The maximum atomic E-state index is 12.5. The lowest BCUT2D eigenvalue weighted by Gasteiger charge is -2.31. The van der Waals surface area contributed by atoms with Crippen LogP contribution in [-0.2, 0) is 16.3 Å². The molecule has 2 aromatic carbocycles. The van der Waals surface area contributed by atoms with Crippen LogP contribution in [0.2, 0.25) is 0 Å². The molecule has 1 aromatic heterocycles. The number of hydrogen-bond acceptors (Lipinski definition) is 9. The summed E-state index contributed by atoms with van der Waals surface area (Å²) < 4.78 is 40.5. The Bertz CT molecular complexity index is 1390. The first-order valence-corrected chi connectivity index (χ1v) is 13.9. The molecular formula is C26H28N4O6S. The summed E-state index contributed by atoms with van der Waals surface area (Å²) in [5.74, 6) is 2.32. The van der Waals surface area contributed by atoms with Gasteiger partial charge < -0.3 is 24.0 Å². The second kappa shape index (κ2) is 10.3. The van der Waals surface area contributed by atoms with Gasteiger partial charge in [0.05, 0.1) is 12.0 Å². The van der Waals surface area contributed by atoms with Crippen LogP contribution >= 0.6 is 0 Å². The van der Waals surface area contributed by atoms with Crippen molar-refractivity contribution in [2.24, 2.45) is 0 Å². The normalized spacial score (nSPS) is 15.8. The van der Waals surface area contributed by atoms with Crippen molar-refractivity contribution in [2.45, 2.75) is 30.3 Å². The highest BCUT2D eigenvalue weighted by Gasteiger charge is 2.27. The van der Waals surface area contributed by atoms with Crippen LogP contribution < -0.4 is 19.1 Å². The largest absolute Gasteiger partial charge is 0.497 e. The molecule has 2 aliphatic rings. The van der Waals surface area contributed by atoms with Gasteiger partial charge in [0.15, 0.2) is 9.84 Å². The number of anilines is 2. The molecule has 0 aliphatic carbocycles. The Morgan fingerprint density at radius 3 is 2.41 bits per heavy atom. The standard InChI is InChI=1S/C26H28N4O6S/c1-34-19-3-5-20(6-4-19)36-26(31)29-12-10-21(11-13-29)35-25-16-24(27-17-28-25)30-14-9-18-15-22(37(2,32)33)7-8-23(18)30/h3-8,15-17,21H,9-14H2,1-2H3. The van der Waals surface area contributed by atoms with Gasteiger partial charge in [0, 0.05) is 50.5 Å². The molecule has 0 N–H and O–H groups in total. The summed E-state index contributed by atoms with van der Waals surface area (Å²) in [4.78, 5) is 25.2. The first-order valence-electron chi connectivity index (χ1n) is 12.0. The lowest BCUT2D eigenvalue weighted by Crippen LogP contribution is -2.43. The van der Waals surface area contributed by atoms with E-state index < -0.39 is 9.84 Å². The van der Waals surface area contributed by atoms with Gasteiger partial charge in [-0.15, -0.1) is 0 Å². The van der Waals surface area contributed by atoms with E-state index >= 15 is 0 Å². The third-order valence-corrected chi connectivity index (χ3v) is 7.64. The number of aromatic nitrogens is 2. The fourth-order valence-corrected chi connectivity index (χ4v) is 5.20. The maximum absolute atomic E-state index is 12.5. The Balaban J connectivity index is 1.18. The van der Waals surface area contributed by atoms with E-state index in [4.69, 9.17) is 14.2 Å². The highest BCUT2D eigenvalue weighted by Crippen LogP contribution is 2.35. The number of piperidine rings is 1. The molecule has 0 saturated carbocycles. The molecule has 0 atom stereocenters. The number of amides is 1. The van der Waals surface area contributed by atoms with Crippen LogP contribution in [0.25, 0.3) is 0 Å². The Morgan fingerprint density at radius 1 is 0.973 bits per heavy atom. The minimum atomic E-state index is -3.26. The van der Waals surface area contributed by atoms with Crippen LogP contribution in [0.1, 0.15) is 18.4 Å². The summed E-state index contributed by atoms with van der Waals surface area (Å²) in [6.45, 7) is 1.72. The van der Waals surface area contributed by atoms with E-state index in [-0.39, 0.29) is 12.2 Å².